The molecule has 0 aliphatic carbocycles. The third kappa shape index (κ3) is 9.31. The van der Waals surface area contributed by atoms with E-state index in [2.05, 4.69) is 10.2 Å². The minimum Gasteiger partial charge on any atom is -0.465 e. The number of esters is 2. The van der Waals surface area contributed by atoms with Crippen molar-refractivity contribution in [2.24, 2.45) is 0 Å². The van der Waals surface area contributed by atoms with Gasteiger partial charge in [0.2, 0.25) is 0 Å². The molecular weight excluding hydrogens is 560 g/mol. The Labute approximate surface area is 246 Å². The number of carbonyl (C=O) groups excluding carboxylic acids is 2. The van der Waals surface area contributed by atoms with Gasteiger partial charge in [0.25, 0.3) is 11.4 Å². The summed E-state index contributed by atoms with van der Waals surface area (Å²) in [5.74, 6) is -1.35. The highest BCUT2D eigenvalue weighted by molar-refractivity contribution is 5.91. The number of aromatic nitrogens is 4. The second kappa shape index (κ2) is 15.0. The average Bonchev–Trinajstić information content (AvgIpc) is 3.63. The van der Waals surface area contributed by atoms with Crippen LogP contribution in [-0.2, 0) is 45.0 Å². The molecule has 0 radical (unpaired) electrons. The highest BCUT2D eigenvalue weighted by Gasteiger charge is 2.15. The smallest absolute Gasteiger partial charge is 0.317 e. The number of benzene rings is 2. The average molecular weight is 591 g/mol. The molecule has 0 saturated carbocycles. The summed E-state index contributed by atoms with van der Waals surface area (Å²) in [7, 11) is 0. The Morgan fingerprint density at radius 2 is 1.12 bits per heavy atom. The summed E-state index contributed by atoms with van der Waals surface area (Å²) in [6, 6.07) is 13.0. The van der Waals surface area contributed by atoms with E-state index in [0.29, 0.717) is 36.8 Å². The molecule has 43 heavy (non-hydrogen) atoms. The van der Waals surface area contributed by atoms with Crippen LogP contribution in [0.2, 0.25) is 0 Å². The van der Waals surface area contributed by atoms with Gasteiger partial charge in [0.15, 0.2) is 0 Å². The van der Waals surface area contributed by atoms with Gasteiger partial charge in [-0.2, -0.15) is 10.2 Å². The second-order valence-corrected chi connectivity index (χ2v) is 9.69. The zero-order valence-electron chi connectivity index (χ0n) is 23.2. The normalized spacial score (nSPS) is 10.8. The fourth-order valence-electron chi connectivity index (χ4n) is 4.38. The van der Waals surface area contributed by atoms with Gasteiger partial charge in [0, 0.05) is 24.5 Å². The van der Waals surface area contributed by atoms with E-state index in [4.69, 9.17) is 9.47 Å². The number of nitrogens with zero attached hydrogens (tertiary/aromatic N) is 6. The predicted octanol–water partition coefficient (Wildman–Crippen LogP) is 4.03. The van der Waals surface area contributed by atoms with Gasteiger partial charge >= 0.3 is 11.9 Å². The van der Waals surface area contributed by atoms with Gasteiger partial charge in [-0.25, -0.2) is 0 Å². The van der Waals surface area contributed by atoms with Crippen molar-refractivity contribution < 1.29 is 28.9 Å². The first kappa shape index (κ1) is 30.6. The molecule has 0 N–H and O–H groups in total. The van der Waals surface area contributed by atoms with Crippen molar-refractivity contribution in [3.8, 4) is 0 Å². The molecule has 14 nitrogen and oxygen atoms in total. The third-order valence-electron chi connectivity index (χ3n) is 6.45. The molecule has 4 rings (SSSR count). The van der Waals surface area contributed by atoms with Crippen molar-refractivity contribution in [1.29, 1.82) is 0 Å². The van der Waals surface area contributed by atoms with E-state index >= 15 is 0 Å². The third-order valence-corrected chi connectivity index (χ3v) is 6.45. The largest absolute Gasteiger partial charge is 0.465 e. The van der Waals surface area contributed by atoms with E-state index in [0.717, 1.165) is 11.1 Å². The van der Waals surface area contributed by atoms with Crippen LogP contribution >= 0.6 is 0 Å². The lowest BCUT2D eigenvalue weighted by Gasteiger charge is -2.06. The molecule has 0 atom stereocenters. The SMILES string of the molecule is O=C(CC(=O)OCCCc1cnn(Cc2ccccc2[N+](=O)[O-])c1)OCCCc1cnn(Cc2ccccc2[N+](=O)[O-])c1. The first-order valence-electron chi connectivity index (χ1n) is 13.6. The molecule has 0 fully saturated rings. The van der Waals surface area contributed by atoms with Gasteiger partial charge in [0.05, 0.1) is 59.7 Å². The van der Waals surface area contributed by atoms with Gasteiger partial charge in [-0.3, -0.25) is 39.2 Å². The fraction of sp³-hybridized carbons (Fsp3) is 0.310. The van der Waals surface area contributed by atoms with E-state index in [-0.39, 0.29) is 37.7 Å². The number of para-hydroxylation sites is 2. The molecule has 2 aromatic carbocycles. The van der Waals surface area contributed by atoms with E-state index in [9.17, 15) is 29.8 Å². The first-order chi connectivity index (χ1) is 20.8. The minimum atomic E-state index is -0.673. The first-order valence-corrected chi connectivity index (χ1v) is 13.6. The van der Waals surface area contributed by atoms with Crippen LogP contribution in [0, 0.1) is 20.2 Å². The Morgan fingerprint density at radius 1 is 0.698 bits per heavy atom. The van der Waals surface area contributed by atoms with Crippen molar-refractivity contribution in [3.63, 3.8) is 0 Å². The number of rotatable bonds is 16. The lowest BCUT2D eigenvalue weighted by molar-refractivity contribution is -0.385. The lowest BCUT2D eigenvalue weighted by atomic mass is 10.2. The Balaban J connectivity index is 1.08. The Morgan fingerprint density at radius 3 is 1.53 bits per heavy atom. The van der Waals surface area contributed by atoms with Crippen molar-refractivity contribution in [2.75, 3.05) is 13.2 Å². The van der Waals surface area contributed by atoms with E-state index in [1.807, 2.05) is 0 Å². The Hall–Kier alpha value is -5.40. The summed E-state index contributed by atoms with van der Waals surface area (Å²) in [6.07, 6.45) is 8.60. The van der Waals surface area contributed by atoms with Crippen LogP contribution in [0.4, 0.5) is 11.4 Å². The number of ether oxygens (including phenoxy) is 2. The maximum Gasteiger partial charge on any atom is 0.317 e. The highest BCUT2D eigenvalue weighted by Crippen LogP contribution is 2.20. The molecule has 0 unspecified atom stereocenters. The van der Waals surface area contributed by atoms with Gasteiger partial charge in [-0.05, 0) is 36.8 Å². The summed E-state index contributed by atoms with van der Waals surface area (Å²) < 4.78 is 13.5. The van der Waals surface area contributed by atoms with E-state index < -0.39 is 28.2 Å². The van der Waals surface area contributed by atoms with E-state index in [1.165, 1.54) is 12.1 Å². The highest BCUT2D eigenvalue weighted by atomic mass is 16.6. The molecule has 14 heteroatoms. The summed E-state index contributed by atoms with van der Waals surface area (Å²) in [4.78, 5) is 45.5. The molecular formula is C29H30N6O8. The van der Waals surface area contributed by atoms with Crippen molar-refractivity contribution >= 4 is 23.3 Å². The molecule has 0 aliphatic heterocycles. The topological polar surface area (TPSA) is 175 Å². The molecule has 0 aliphatic rings. The second-order valence-electron chi connectivity index (χ2n) is 9.69. The van der Waals surface area contributed by atoms with Gasteiger partial charge < -0.3 is 9.47 Å². The molecule has 0 saturated heterocycles. The number of hydrogen-bond acceptors (Lipinski definition) is 10. The summed E-state index contributed by atoms with van der Waals surface area (Å²) >= 11 is 0. The maximum absolute atomic E-state index is 12.0. The standard InChI is InChI=1S/C29H30N6O8/c36-28(42-13-5-7-22-16-30-32(18-22)20-24-9-1-3-11-26(24)34(38)39)15-29(37)43-14-6-8-23-17-31-33(19-23)21-25-10-2-4-12-27(25)35(40)41/h1-4,9-12,16-19H,5-8,13-15,20-21H2. The Kier molecular flexibility index (Phi) is 10.7. The van der Waals surface area contributed by atoms with Crippen LogP contribution in [0.1, 0.15) is 41.5 Å². The van der Waals surface area contributed by atoms with Crippen LogP contribution < -0.4 is 0 Å². The fourth-order valence-corrected chi connectivity index (χ4v) is 4.38. The van der Waals surface area contributed by atoms with Crippen molar-refractivity contribution in [2.45, 2.75) is 45.2 Å². The van der Waals surface area contributed by atoms with Crippen molar-refractivity contribution in [3.05, 3.63) is 116 Å². The monoisotopic (exact) mass is 590 g/mol. The van der Waals surface area contributed by atoms with Crippen LogP contribution in [0.25, 0.3) is 0 Å². The molecule has 0 bridgehead atoms. The number of hydrogen-bond donors (Lipinski definition) is 0. The number of carbonyl (C=O) groups is 2. The van der Waals surface area contributed by atoms with Crippen LogP contribution in [0.5, 0.6) is 0 Å². The Bertz CT molecular complexity index is 1460. The van der Waals surface area contributed by atoms with E-state index in [1.54, 1.807) is 70.5 Å². The summed E-state index contributed by atoms with van der Waals surface area (Å²) in [6.45, 7) is 0.771. The lowest BCUT2D eigenvalue weighted by Crippen LogP contribution is -2.15. The molecule has 2 aromatic heterocycles. The summed E-state index contributed by atoms with van der Waals surface area (Å²) in [5.41, 5.74) is 2.95. The molecule has 2 heterocycles. The number of nitro groups is 2. The predicted molar refractivity (Wildman–Crippen MR) is 152 cm³/mol. The molecule has 0 amide bonds. The van der Waals surface area contributed by atoms with Gasteiger partial charge in [-0.1, -0.05) is 36.4 Å². The van der Waals surface area contributed by atoms with Crippen molar-refractivity contribution in [1.82, 2.24) is 19.6 Å². The maximum atomic E-state index is 12.0. The number of aryl methyl sites for hydroxylation is 2. The minimum absolute atomic E-state index is 0.0353. The summed E-state index contributed by atoms with van der Waals surface area (Å²) in [5, 5.41) is 30.9. The number of nitro benzene ring substituents is 2. The van der Waals surface area contributed by atoms with Gasteiger partial charge in [0.1, 0.15) is 6.42 Å². The van der Waals surface area contributed by atoms with Crippen LogP contribution in [0.15, 0.2) is 73.3 Å². The zero-order chi connectivity index (χ0) is 30.6. The zero-order valence-corrected chi connectivity index (χ0v) is 23.2. The van der Waals surface area contributed by atoms with Crippen LogP contribution in [-0.4, -0.2) is 54.6 Å². The quantitative estimate of drug-likeness (QED) is 0.0609. The molecule has 0 spiro atoms. The van der Waals surface area contributed by atoms with Crippen LogP contribution in [0.3, 0.4) is 0 Å². The van der Waals surface area contributed by atoms with Gasteiger partial charge in [-0.15, -0.1) is 0 Å². The molecule has 4 aromatic rings. The molecule has 224 valence electrons.